The van der Waals surface area contributed by atoms with E-state index in [1.54, 1.807) is 0 Å². The molecule has 1 N–H and O–H groups in total. The van der Waals surface area contributed by atoms with E-state index in [1.165, 1.54) is 44.7 Å². The number of rotatable bonds is 7. The van der Waals surface area contributed by atoms with Crippen LogP contribution in [0.15, 0.2) is 28.7 Å². The zero-order valence-corrected chi connectivity index (χ0v) is 14.9. The summed E-state index contributed by atoms with van der Waals surface area (Å²) < 4.78 is 1.15. The second-order valence-corrected chi connectivity index (χ2v) is 7.10. The van der Waals surface area contributed by atoms with Crippen LogP contribution in [-0.2, 0) is 6.42 Å². The average molecular weight is 354 g/mol. The maximum atomic E-state index is 3.65. The molecule has 0 bridgehead atoms. The molecule has 1 aliphatic rings. The van der Waals surface area contributed by atoms with Gasteiger partial charge in [0.25, 0.3) is 0 Å². The van der Waals surface area contributed by atoms with E-state index in [0.29, 0.717) is 6.04 Å². The molecule has 3 nitrogen and oxygen atoms in total. The summed E-state index contributed by atoms with van der Waals surface area (Å²) in [5.41, 5.74) is 1.40. The maximum Gasteiger partial charge on any atom is 0.0175 e. The van der Waals surface area contributed by atoms with Crippen molar-refractivity contribution in [1.82, 2.24) is 15.1 Å². The first-order valence-corrected chi connectivity index (χ1v) is 8.81. The highest BCUT2D eigenvalue weighted by Crippen LogP contribution is 2.11. The Morgan fingerprint density at radius 2 is 1.81 bits per heavy atom. The van der Waals surface area contributed by atoms with Gasteiger partial charge in [-0.15, -0.1) is 0 Å². The predicted molar refractivity (Wildman–Crippen MR) is 93.9 cm³/mol. The van der Waals surface area contributed by atoms with Crippen LogP contribution in [0.3, 0.4) is 0 Å². The maximum absolute atomic E-state index is 3.65. The molecule has 118 valence electrons. The van der Waals surface area contributed by atoms with Crippen molar-refractivity contribution in [3.8, 4) is 0 Å². The Bertz CT molecular complexity index is 399. The largest absolute Gasteiger partial charge is 0.314 e. The Labute approximate surface area is 137 Å². The SMILES string of the molecule is CC(Cc1ccc(Br)cc1)NCCCN1CCN(C)CC1. The third-order valence-electron chi connectivity index (χ3n) is 4.19. The summed E-state index contributed by atoms with van der Waals surface area (Å²) in [6.07, 6.45) is 2.34. The highest BCUT2D eigenvalue weighted by Gasteiger charge is 2.12. The number of hydrogen-bond acceptors (Lipinski definition) is 3. The third-order valence-corrected chi connectivity index (χ3v) is 4.72. The van der Waals surface area contributed by atoms with Crippen LogP contribution in [0, 0.1) is 0 Å². The second-order valence-electron chi connectivity index (χ2n) is 6.18. The van der Waals surface area contributed by atoms with E-state index in [-0.39, 0.29) is 0 Å². The van der Waals surface area contributed by atoms with E-state index >= 15 is 0 Å². The van der Waals surface area contributed by atoms with Crippen molar-refractivity contribution >= 4 is 15.9 Å². The fraction of sp³-hybridized carbons (Fsp3) is 0.647. The smallest absolute Gasteiger partial charge is 0.0175 e. The molecule has 1 unspecified atom stereocenters. The first-order valence-electron chi connectivity index (χ1n) is 8.02. The van der Waals surface area contributed by atoms with Crippen molar-refractivity contribution in [1.29, 1.82) is 0 Å². The van der Waals surface area contributed by atoms with Gasteiger partial charge in [0.2, 0.25) is 0 Å². The molecule has 0 aromatic heterocycles. The van der Waals surface area contributed by atoms with E-state index in [0.717, 1.165) is 17.4 Å². The van der Waals surface area contributed by atoms with E-state index in [9.17, 15) is 0 Å². The van der Waals surface area contributed by atoms with Gasteiger partial charge in [-0.1, -0.05) is 28.1 Å². The zero-order valence-electron chi connectivity index (χ0n) is 13.3. The molecule has 0 amide bonds. The summed E-state index contributed by atoms with van der Waals surface area (Å²) in [4.78, 5) is 5.00. The first-order chi connectivity index (χ1) is 10.1. The quantitative estimate of drug-likeness (QED) is 0.760. The van der Waals surface area contributed by atoms with Gasteiger partial charge in [0.1, 0.15) is 0 Å². The Balaban J connectivity index is 1.57. The van der Waals surface area contributed by atoms with E-state index in [4.69, 9.17) is 0 Å². The Morgan fingerprint density at radius 1 is 1.14 bits per heavy atom. The van der Waals surface area contributed by atoms with E-state index in [1.807, 2.05) is 0 Å². The number of likely N-dealkylation sites (N-methyl/N-ethyl adjacent to an activating group) is 1. The van der Waals surface area contributed by atoms with Gasteiger partial charge in [-0.3, -0.25) is 0 Å². The molecule has 1 aromatic carbocycles. The molecule has 1 atom stereocenters. The highest BCUT2D eigenvalue weighted by atomic mass is 79.9. The summed E-state index contributed by atoms with van der Waals surface area (Å²) in [5, 5.41) is 3.65. The second kappa shape index (κ2) is 8.89. The van der Waals surface area contributed by atoms with Gasteiger partial charge in [-0.05, 0) is 57.6 Å². The molecular formula is C17H28BrN3. The number of hydrogen-bond donors (Lipinski definition) is 1. The summed E-state index contributed by atoms with van der Waals surface area (Å²) in [7, 11) is 2.21. The van der Waals surface area contributed by atoms with Crippen molar-refractivity contribution in [2.75, 3.05) is 46.3 Å². The molecule has 1 heterocycles. The number of halogens is 1. The first kappa shape index (κ1) is 16.9. The molecule has 2 rings (SSSR count). The number of benzene rings is 1. The molecule has 21 heavy (non-hydrogen) atoms. The molecule has 1 fully saturated rings. The van der Waals surface area contributed by atoms with Crippen LogP contribution in [0.4, 0.5) is 0 Å². The number of nitrogens with zero attached hydrogens (tertiary/aromatic N) is 2. The standard InChI is InChI=1S/C17H28BrN3/c1-15(14-16-4-6-17(18)7-5-16)19-8-3-9-21-12-10-20(2)11-13-21/h4-7,15,19H,3,8-14H2,1-2H3. The predicted octanol–water partition coefficient (Wildman–Crippen LogP) is 2.61. The number of nitrogens with one attached hydrogen (secondary N) is 1. The lowest BCUT2D eigenvalue weighted by atomic mass is 10.1. The number of piperazine rings is 1. The van der Waals surface area contributed by atoms with Gasteiger partial charge in [-0.25, -0.2) is 0 Å². The van der Waals surface area contributed by atoms with Gasteiger partial charge >= 0.3 is 0 Å². The van der Waals surface area contributed by atoms with Crippen molar-refractivity contribution < 1.29 is 0 Å². The van der Waals surface area contributed by atoms with E-state index < -0.39 is 0 Å². The molecule has 1 aliphatic heterocycles. The van der Waals surface area contributed by atoms with Crippen LogP contribution in [0.2, 0.25) is 0 Å². The van der Waals surface area contributed by atoms with Gasteiger partial charge < -0.3 is 15.1 Å². The average Bonchev–Trinajstić information content (AvgIpc) is 2.48. The fourth-order valence-electron chi connectivity index (χ4n) is 2.77. The molecule has 0 spiro atoms. The van der Waals surface area contributed by atoms with Crippen LogP contribution >= 0.6 is 15.9 Å². The van der Waals surface area contributed by atoms with Gasteiger partial charge in [0.15, 0.2) is 0 Å². The van der Waals surface area contributed by atoms with E-state index in [2.05, 4.69) is 69.3 Å². The highest BCUT2D eigenvalue weighted by molar-refractivity contribution is 9.10. The molecule has 1 saturated heterocycles. The monoisotopic (exact) mass is 353 g/mol. The minimum atomic E-state index is 0.540. The summed E-state index contributed by atoms with van der Waals surface area (Å²) >= 11 is 3.48. The summed E-state index contributed by atoms with van der Waals surface area (Å²) in [6, 6.07) is 9.18. The fourth-order valence-corrected chi connectivity index (χ4v) is 3.03. The van der Waals surface area contributed by atoms with Crippen molar-refractivity contribution in [3.05, 3.63) is 34.3 Å². The zero-order chi connectivity index (χ0) is 15.1. The van der Waals surface area contributed by atoms with Crippen LogP contribution < -0.4 is 5.32 Å². The third kappa shape index (κ3) is 6.47. The van der Waals surface area contributed by atoms with Crippen molar-refractivity contribution in [2.45, 2.75) is 25.8 Å². The minimum absolute atomic E-state index is 0.540. The molecule has 0 saturated carbocycles. The summed E-state index contributed by atoms with van der Waals surface area (Å²) in [6.45, 7) is 9.50. The van der Waals surface area contributed by atoms with Crippen molar-refractivity contribution in [3.63, 3.8) is 0 Å². The van der Waals surface area contributed by atoms with Gasteiger partial charge in [-0.2, -0.15) is 0 Å². The molecular weight excluding hydrogens is 326 g/mol. The van der Waals surface area contributed by atoms with Crippen LogP contribution in [0.25, 0.3) is 0 Å². The van der Waals surface area contributed by atoms with Gasteiger partial charge in [0, 0.05) is 36.7 Å². The lowest BCUT2D eigenvalue weighted by Gasteiger charge is -2.32. The molecule has 4 heteroatoms. The van der Waals surface area contributed by atoms with Crippen molar-refractivity contribution in [2.24, 2.45) is 0 Å². The topological polar surface area (TPSA) is 18.5 Å². The Kier molecular flexibility index (Phi) is 7.17. The summed E-state index contributed by atoms with van der Waals surface area (Å²) in [5.74, 6) is 0. The molecule has 1 aromatic rings. The Hall–Kier alpha value is -0.420. The van der Waals surface area contributed by atoms with Crippen LogP contribution in [0.5, 0.6) is 0 Å². The van der Waals surface area contributed by atoms with Crippen LogP contribution in [-0.4, -0.2) is 62.2 Å². The van der Waals surface area contributed by atoms with Gasteiger partial charge in [0.05, 0.1) is 0 Å². The Morgan fingerprint density at radius 3 is 2.48 bits per heavy atom. The minimum Gasteiger partial charge on any atom is -0.314 e. The molecule has 0 aliphatic carbocycles. The molecule has 0 radical (unpaired) electrons. The lowest BCUT2D eigenvalue weighted by Crippen LogP contribution is -2.45. The lowest BCUT2D eigenvalue weighted by molar-refractivity contribution is 0.152. The van der Waals surface area contributed by atoms with Crippen LogP contribution in [0.1, 0.15) is 18.9 Å². The normalized spacial score (nSPS) is 18.8.